The molecule has 146 valence electrons. The van der Waals surface area contributed by atoms with E-state index in [0.29, 0.717) is 0 Å². The van der Waals surface area contributed by atoms with E-state index < -0.39 is 5.54 Å². The Balaban J connectivity index is 1.53. The highest BCUT2D eigenvalue weighted by molar-refractivity contribution is 8.00. The number of hydrogen-bond acceptors (Lipinski definition) is 5. The molecule has 0 unspecified atom stereocenters. The van der Waals surface area contributed by atoms with Crippen molar-refractivity contribution in [3.05, 3.63) is 54.6 Å². The number of benzene rings is 2. The maximum atomic E-state index is 12.5. The normalized spacial score (nSPS) is 15.6. The van der Waals surface area contributed by atoms with Gasteiger partial charge < -0.3 is 5.32 Å². The van der Waals surface area contributed by atoms with Gasteiger partial charge in [0.2, 0.25) is 5.91 Å². The predicted molar refractivity (Wildman–Crippen MR) is 115 cm³/mol. The molecule has 1 aliphatic carbocycles. The first kappa shape index (κ1) is 19.4. The Bertz CT molecular complexity index is 1060. The zero-order valence-corrected chi connectivity index (χ0v) is 16.9. The minimum Gasteiger partial charge on any atom is -0.337 e. The van der Waals surface area contributed by atoms with Gasteiger partial charge in [-0.15, -0.1) is 10.2 Å². The quantitative estimate of drug-likeness (QED) is 0.624. The van der Waals surface area contributed by atoms with Crippen molar-refractivity contribution in [1.82, 2.24) is 15.5 Å². The maximum absolute atomic E-state index is 12.5. The number of thioether (sulfide) groups is 1. The molecule has 0 saturated heterocycles. The Hall–Kier alpha value is -2.91. The summed E-state index contributed by atoms with van der Waals surface area (Å²) in [6, 6.07) is 20.3. The van der Waals surface area contributed by atoms with E-state index in [9.17, 15) is 10.1 Å². The predicted octanol–water partition coefficient (Wildman–Crippen LogP) is 4.73. The van der Waals surface area contributed by atoms with Gasteiger partial charge in [-0.3, -0.25) is 4.79 Å². The molecular formula is C23H22N4OS. The van der Waals surface area contributed by atoms with Crippen LogP contribution >= 0.6 is 11.8 Å². The molecule has 2 aromatic carbocycles. The standard InChI is InChI=1S/C23H22N4OS/c24-16-23(13-7-2-8-14-23)25-20(28)15-29-22-19-12-6-5-11-18(19)21(26-27-22)17-9-3-1-4-10-17/h1,3-6,9-12H,2,7-8,13-15H2,(H,25,28). The number of rotatable bonds is 5. The summed E-state index contributed by atoms with van der Waals surface area (Å²) >= 11 is 1.36. The van der Waals surface area contributed by atoms with Crippen LogP contribution in [0.2, 0.25) is 0 Å². The summed E-state index contributed by atoms with van der Waals surface area (Å²) in [6.45, 7) is 0. The lowest BCUT2D eigenvalue weighted by atomic mass is 9.83. The van der Waals surface area contributed by atoms with Crippen LogP contribution in [0, 0.1) is 11.3 Å². The number of nitrogens with one attached hydrogen (secondary N) is 1. The number of nitrogens with zero attached hydrogens (tertiary/aromatic N) is 3. The molecule has 5 nitrogen and oxygen atoms in total. The fourth-order valence-electron chi connectivity index (χ4n) is 3.85. The second kappa shape index (κ2) is 8.62. The minimum atomic E-state index is -0.708. The van der Waals surface area contributed by atoms with Crippen LogP contribution in [0.25, 0.3) is 22.0 Å². The molecule has 1 N–H and O–H groups in total. The third-order valence-electron chi connectivity index (χ3n) is 5.34. The zero-order valence-electron chi connectivity index (χ0n) is 16.1. The molecule has 4 rings (SSSR count). The monoisotopic (exact) mass is 402 g/mol. The Morgan fingerprint density at radius 2 is 1.69 bits per heavy atom. The largest absolute Gasteiger partial charge is 0.337 e. The Labute approximate surface area is 174 Å². The summed E-state index contributed by atoms with van der Waals surface area (Å²) in [7, 11) is 0. The van der Waals surface area contributed by atoms with Crippen LogP contribution in [0.5, 0.6) is 0 Å². The van der Waals surface area contributed by atoms with E-state index in [1.807, 2.05) is 54.6 Å². The van der Waals surface area contributed by atoms with Gasteiger partial charge in [-0.25, -0.2) is 0 Å². The molecule has 0 aliphatic heterocycles. The average Bonchev–Trinajstić information content (AvgIpc) is 2.78. The third kappa shape index (κ3) is 4.25. The average molecular weight is 403 g/mol. The number of carbonyl (C=O) groups excluding carboxylic acids is 1. The molecule has 1 aromatic heterocycles. The molecule has 29 heavy (non-hydrogen) atoms. The first-order valence-corrected chi connectivity index (χ1v) is 10.9. The number of fused-ring (bicyclic) bond motifs is 1. The van der Waals surface area contributed by atoms with E-state index in [1.165, 1.54) is 11.8 Å². The molecule has 3 aromatic rings. The van der Waals surface area contributed by atoms with Crippen LogP contribution < -0.4 is 5.32 Å². The molecule has 0 spiro atoms. The number of carbonyl (C=O) groups is 1. The molecular weight excluding hydrogens is 380 g/mol. The van der Waals surface area contributed by atoms with E-state index in [-0.39, 0.29) is 11.7 Å². The van der Waals surface area contributed by atoms with Crippen molar-refractivity contribution in [2.45, 2.75) is 42.7 Å². The Kier molecular flexibility index (Phi) is 5.77. The fourth-order valence-corrected chi connectivity index (χ4v) is 4.62. The second-order valence-corrected chi connectivity index (χ2v) is 8.32. The molecule has 0 atom stereocenters. The van der Waals surface area contributed by atoms with Gasteiger partial charge in [0.1, 0.15) is 16.3 Å². The van der Waals surface area contributed by atoms with Gasteiger partial charge >= 0.3 is 0 Å². The number of aromatic nitrogens is 2. The maximum Gasteiger partial charge on any atom is 0.231 e. The van der Waals surface area contributed by atoms with Gasteiger partial charge in [0.25, 0.3) is 0 Å². The van der Waals surface area contributed by atoms with Crippen LogP contribution in [0.1, 0.15) is 32.1 Å². The molecule has 0 bridgehead atoms. The van der Waals surface area contributed by atoms with E-state index in [4.69, 9.17) is 0 Å². The van der Waals surface area contributed by atoms with Gasteiger partial charge in [-0.05, 0) is 12.8 Å². The summed E-state index contributed by atoms with van der Waals surface area (Å²) in [5, 5.41) is 24.1. The van der Waals surface area contributed by atoms with Crippen LogP contribution in [0.4, 0.5) is 0 Å². The second-order valence-electron chi connectivity index (χ2n) is 7.36. The van der Waals surface area contributed by atoms with Crippen molar-refractivity contribution < 1.29 is 4.79 Å². The van der Waals surface area contributed by atoms with E-state index in [1.54, 1.807) is 0 Å². The van der Waals surface area contributed by atoms with Crippen LogP contribution in [0.3, 0.4) is 0 Å². The van der Waals surface area contributed by atoms with Crippen molar-refractivity contribution >= 4 is 28.4 Å². The first-order valence-electron chi connectivity index (χ1n) is 9.87. The molecule has 1 fully saturated rings. The number of amides is 1. The van der Waals surface area contributed by atoms with Crippen molar-refractivity contribution in [3.63, 3.8) is 0 Å². The summed E-state index contributed by atoms with van der Waals surface area (Å²) in [5.74, 6) is 0.0868. The van der Waals surface area contributed by atoms with Gasteiger partial charge in [0, 0.05) is 16.3 Å². The first-order chi connectivity index (χ1) is 14.2. The van der Waals surface area contributed by atoms with Crippen molar-refractivity contribution in [2.75, 3.05) is 5.75 Å². The topological polar surface area (TPSA) is 78.7 Å². The highest BCUT2D eigenvalue weighted by Gasteiger charge is 2.33. The number of hydrogen-bond donors (Lipinski definition) is 1. The lowest BCUT2D eigenvalue weighted by Gasteiger charge is -2.31. The number of nitriles is 1. The molecule has 6 heteroatoms. The lowest BCUT2D eigenvalue weighted by Crippen LogP contribution is -2.49. The lowest BCUT2D eigenvalue weighted by molar-refractivity contribution is -0.120. The van der Waals surface area contributed by atoms with Gasteiger partial charge in [-0.2, -0.15) is 5.26 Å². The SMILES string of the molecule is N#CC1(NC(=O)CSc2nnc(-c3ccccc3)c3ccccc23)CCCCC1. The Morgan fingerprint density at radius 3 is 2.41 bits per heavy atom. The molecule has 1 aliphatic rings. The summed E-state index contributed by atoms with van der Waals surface area (Å²) in [4.78, 5) is 12.5. The highest BCUT2D eigenvalue weighted by Crippen LogP contribution is 2.32. The van der Waals surface area contributed by atoms with Crippen molar-refractivity contribution in [1.29, 1.82) is 5.26 Å². The zero-order chi connectivity index (χ0) is 20.1. The van der Waals surface area contributed by atoms with E-state index in [0.717, 1.165) is 59.2 Å². The minimum absolute atomic E-state index is 0.128. The smallest absolute Gasteiger partial charge is 0.231 e. The molecule has 1 amide bonds. The van der Waals surface area contributed by atoms with Crippen LogP contribution in [-0.2, 0) is 4.79 Å². The molecule has 1 saturated carbocycles. The van der Waals surface area contributed by atoms with Crippen LogP contribution in [-0.4, -0.2) is 27.4 Å². The van der Waals surface area contributed by atoms with E-state index in [2.05, 4.69) is 21.6 Å². The summed E-state index contributed by atoms with van der Waals surface area (Å²) in [6.07, 6.45) is 4.56. The van der Waals surface area contributed by atoms with Gasteiger partial charge in [0.15, 0.2) is 0 Å². The van der Waals surface area contributed by atoms with Gasteiger partial charge in [-0.1, -0.05) is 85.6 Å². The summed E-state index contributed by atoms with van der Waals surface area (Å²) < 4.78 is 0. The van der Waals surface area contributed by atoms with Crippen molar-refractivity contribution in [3.8, 4) is 17.3 Å². The summed E-state index contributed by atoms with van der Waals surface area (Å²) in [5.41, 5.74) is 1.14. The van der Waals surface area contributed by atoms with Gasteiger partial charge in [0.05, 0.1) is 11.8 Å². The molecule has 0 radical (unpaired) electrons. The van der Waals surface area contributed by atoms with Crippen molar-refractivity contribution in [2.24, 2.45) is 0 Å². The van der Waals surface area contributed by atoms with Crippen LogP contribution in [0.15, 0.2) is 59.6 Å². The molecule has 1 heterocycles. The fraction of sp³-hybridized carbons (Fsp3) is 0.304. The highest BCUT2D eigenvalue weighted by atomic mass is 32.2. The van der Waals surface area contributed by atoms with E-state index >= 15 is 0 Å². The Morgan fingerprint density at radius 1 is 1.00 bits per heavy atom. The third-order valence-corrected chi connectivity index (χ3v) is 6.32.